The molecule has 1 aromatic carbocycles. The molecule has 0 aliphatic heterocycles. The van der Waals surface area contributed by atoms with Gasteiger partial charge < -0.3 is 0 Å². The van der Waals surface area contributed by atoms with E-state index in [1.165, 1.54) is 43.2 Å². The number of hydrogen-bond acceptors (Lipinski definition) is 1. The molecule has 0 bridgehead atoms. The van der Waals surface area contributed by atoms with Crippen LogP contribution in [0.25, 0.3) is 0 Å². The summed E-state index contributed by atoms with van der Waals surface area (Å²) >= 11 is 0. The third-order valence-corrected chi connectivity index (χ3v) is 5.51. The highest BCUT2D eigenvalue weighted by molar-refractivity contribution is 5.79. The largest absolute Gasteiger partial charge is 0.300 e. The summed E-state index contributed by atoms with van der Waals surface area (Å²) < 4.78 is 0. The van der Waals surface area contributed by atoms with Crippen LogP contribution in [0, 0.1) is 18.8 Å². The Bertz CT molecular complexity index is 451. The molecule has 1 unspecified atom stereocenters. The van der Waals surface area contributed by atoms with Crippen molar-refractivity contribution >= 4 is 5.78 Å². The van der Waals surface area contributed by atoms with Crippen molar-refractivity contribution < 1.29 is 4.79 Å². The number of benzene rings is 1. The fourth-order valence-corrected chi connectivity index (χ4v) is 4.22. The van der Waals surface area contributed by atoms with E-state index in [0.717, 1.165) is 31.1 Å². The van der Waals surface area contributed by atoms with Gasteiger partial charge in [-0.15, -0.1) is 0 Å². The first-order chi connectivity index (χ1) is 9.72. The Kier molecular flexibility index (Phi) is 4.24. The van der Waals surface area contributed by atoms with Gasteiger partial charge in [0.05, 0.1) is 0 Å². The summed E-state index contributed by atoms with van der Waals surface area (Å²) in [6.07, 6.45) is 9.45. The summed E-state index contributed by atoms with van der Waals surface area (Å²) in [4.78, 5) is 11.6. The zero-order valence-corrected chi connectivity index (χ0v) is 12.6. The van der Waals surface area contributed by atoms with Crippen LogP contribution in [-0.2, 0) is 4.79 Å². The lowest BCUT2D eigenvalue weighted by molar-refractivity contribution is -0.122. The molecule has 0 radical (unpaired) electrons. The molecular formula is C19H26O. The summed E-state index contributed by atoms with van der Waals surface area (Å²) in [5.41, 5.74) is 2.87. The van der Waals surface area contributed by atoms with Gasteiger partial charge in [0.1, 0.15) is 5.78 Å². The molecule has 1 aromatic rings. The van der Waals surface area contributed by atoms with E-state index in [2.05, 4.69) is 31.2 Å². The molecule has 20 heavy (non-hydrogen) atoms. The highest BCUT2D eigenvalue weighted by Crippen LogP contribution is 2.42. The zero-order valence-electron chi connectivity index (χ0n) is 12.6. The van der Waals surface area contributed by atoms with Gasteiger partial charge in [0.2, 0.25) is 0 Å². The van der Waals surface area contributed by atoms with E-state index in [0.29, 0.717) is 11.7 Å². The SMILES string of the molecule is Cc1ccc(C2CCC(C3CCCC(=O)C3)CC2)cc1. The van der Waals surface area contributed by atoms with Crippen molar-refractivity contribution in [3.05, 3.63) is 35.4 Å². The number of hydrogen-bond donors (Lipinski definition) is 0. The van der Waals surface area contributed by atoms with Gasteiger partial charge >= 0.3 is 0 Å². The van der Waals surface area contributed by atoms with Gasteiger partial charge in [-0.05, 0) is 68.8 Å². The van der Waals surface area contributed by atoms with Crippen LogP contribution >= 0.6 is 0 Å². The molecular weight excluding hydrogens is 244 g/mol. The van der Waals surface area contributed by atoms with Crippen LogP contribution in [0.5, 0.6) is 0 Å². The van der Waals surface area contributed by atoms with Crippen molar-refractivity contribution in [3.63, 3.8) is 0 Å². The van der Waals surface area contributed by atoms with Crippen molar-refractivity contribution in [3.8, 4) is 0 Å². The molecule has 2 fully saturated rings. The maximum atomic E-state index is 11.6. The van der Waals surface area contributed by atoms with Crippen LogP contribution in [0.2, 0.25) is 0 Å². The third-order valence-electron chi connectivity index (χ3n) is 5.51. The highest BCUT2D eigenvalue weighted by atomic mass is 16.1. The van der Waals surface area contributed by atoms with Crippen molar-refractivity contribution in [1.29, 1.82) is 0 Å². The highest BCUT2D eigenvalue weighted by Gasteiger charge is 2.31. The first kappa shape index (κ1) is 13.9. The van der Waals surface area contributed by atoms with Crippen LogP contribution in [0.1, 0.15) is 68.4 Å². The predicted molar refractivity (Wildman–Crippen MR) is 82.8 cm³/mol. The van der Waals surface area contributed by atoms with E-state index in [9.17, 15) is 4.79 Å². The van der Waals surface area contributed by atoms with Gasteiger partial charge in [0.25, 0.3) is 0 Å². The molecule has 1 heteroatoms. The molecule has 0 N–H and O–H groups in total. The molecule has 0 heterocycles. The van der Waals surface area contributed by atoms with E-state index in [-0.39, 0.29) is 0 Å². The van der Waals surface area contributed by atoms with Crippen molar-refractivity contribution in [2.45, 2.75) is 64.2 Å². The second kappa shape index (κ2) is 6.11. The summed E-state index contributed by atoms with van der Waals surface area (Å²) in [6, 6.07) is 9.09. The van der Waals surface area contributed by atoms with Gasteiger partial charge in [-0.2, -0.15) is 0 Å². The Morgan fingerprint density at radius 1 is 0.900 bits per heavy atom. The first-order valence-corrected chi connectivity index (χ1v) is 8.30. The number of carbonyl (C=O) groups is 1. The van der Waals surface area contributed by atoms with E-state index < -0.39 is 0 Å². The monoisotopic (exact) mass is 270 g/mol. The average molecular weight is 270 g/mol. The summed E-state index contributed by atoms with van der Waals surface area (Å²) in [5, 5.41) is 0. The van der Waals surface area contributed by atoms with Crippen molar-refractivity contribution in [1.82, 2.24) is 0 Å². The Balaban J connectivity index is 1.56. The summed E-state index contributed by atoms with van der Waals surface area (Å²) in [7, 11) is 0. The maximum Gasteiger partial charge on any atom is 0.133 e. The quantitative estimate of drug-likeness (QED) is 0.736. The number of ketones is 1. The molecule has 0 spiro atoms. The molecule has 1 nitrogen and oxygen atoms in total. The van der Waals surface area contributed by atoms with Crippen LogP contribution in [0.15, 0.2) is 24.3 Å². The third kappa shape index (κ3) is 3.13. The predicted octanol–water partition coefficient (Wildman–Crippen LogP) is 5.03. The molecule has 0 amide bonds. The van der Waals surface area contributed by atoms with Crippen LogP contribution in [0.3, 0.4) is 0 Å². The lowest BCUT2D eigenvalue weighted by atomic mass is 9.69. The Hall–Kier alpha value is -1.11. The number of Topliss-reactive ketones (excluding diaryl/α,β-unsaturated/α-hetero) is 1. The summed E-state index contributed by atoms with van der Waals surface area (Å²) in [5.74, 6) is 2.80. The summed E-state index contributed by atoms with van der Waals surface area (Å²) in [6.45, 7) is 2.15. The lowest BCUT2D eigenvalue weighted by Crippen LogP contribution is -2.26. The zero-order chi connectivity index (χ0) is 13.9. The lowest BCUT2D eigenvalue weighted by Gasteiger charge is -2.35. The van der Waals surface area contributed by atoms with Crippen molar-refractivity contribution in [2.24, 2.45) is 11.8 Å². The van der Waals surface area contributed by atoms with E-state index in [1.807, 2.05) is 0 Å². The van der Waals surface area contributed by atoms with Crippen LogP contribution in [0.4, 0.5) is 0 Å². The first-order valence-electron chi connectivity index (χ1n) is 8.30. The standard InChI is InChI=1S/C19H26O/c1-14-5-7-15(8-6-14)16-9-11-17(12-10-16)18-3-2-4-19(20)13-18/h5-8,16-18H,2-4,9-13H2,1H3. The van der Waals surface area contributed by atoms with Gasteiger partial charge in [0, 0.05) is 12.8 Å². The molecule has 2 saturated carbocycles. The average Bonchev–Trinajstić information content (AvgIpc) is 2.48. The van der Waals surface area contributed by atoms with Gasteiger partial charge in [-0.1, -0.05) is 29.8 Å². The molecule has 1 atom stereocenters. The number of carbonyl (C=O) groups excluding carboxylic acids is 1. The smallest absolute Gasteiger partial charge is 0.133 e. The topological polar surface area (TPSA) is 17.1 Å². The number of rotatable bonds is 2. The Morgan fingerprint density at radius 2 is 1.60 bits per heavy atom. The van der Waals surface area contributed by atoms with Gasteiger partial charge in [0.15, 0.2) is 0 Å². The number of aryl methyl sites for hydroxylation is 1. The minimum Gasteiger partial charge on any atom is -0.300 e. The minimum atomic E-state index is 0.516. The Morgan fingerprint density at radius 3 is 2.25 bits per heavy atom. The molecule has 2 aliphatic rings. The Labute approximate surface area is 122 Å². The van der Waals surface area contributed by atoms with Gasteiger partial charge in [-0.3, -0.25) is 4.79 Å². The molecule has 2 aliphatic carbocycles. The normalized spacial score (nSPS) is 31.2. The maximum absolute atomic E-state index is 11.6. The molecule has 108 valence electrons. The minimum absolute atomic E-state index is 0.516. The van der Waals surface area contributed by atoms with Crippen LogP contribution < -0.4 is 0 Å². The fourth-order valence-electron chi connectivity index (χ4n) is 4.22. The molecule has 0 saturated heterocycles. The fraction of sp³-hybridized carbons (Fsp3) is 0.632. The van der Waals surface area contributed by atoms with E-state index in [4.69, 9.17) is 0 Å². The molecule has 0 aromatic heterocycles. The second-order valence-corrected chi connectivity index (χ2v) is 6.92. The van der Waals surface area contributed by atoms with Crippen LogP contribution in [-0.4, -0.2) is 5.78 Å². The molecule has 3 rings (SSSR count). The van der Waals surface area contributed by atoms with Crippen molar-refractivity contribution in [2.75, 3.05) is 0 Å². The second-order valence-electron chi connectivity index (χ2n) is 6.92. The van der Waals surface area contributed by atoms with E-state index in [1.54, 1.807) is 0 Å². The van der Waals surface area contributed by atoms with Gasteiger partial charge in [-0.25, -0.2) is 0 Å². The van der Waals surface area contributed by atoms with E-state index >= 15 is 0 Å².